The van der Waals surface area contributed by atoms with Gasteiger partial charge in [0, 0.05) is 56.6 Å². The van der Waals surface area contributed by atoms with E-state index >= 15 is 0 Å². The molecular formula is C30H41N5O3. The van der Waals surface area contributed by atoms with Crippen LogP contribution in [-0.4, -0.2) is 72.8 Å². The molecule has 1 saturated carbocycles. The van der Waals surface area contributed by atoms with Crippen LogP contribution in [0, 0.1) is 5.92 Å². The smallest absolute Gasteiger partial charge is 0.253 e. The first-order valence-electron chi connectivity index (χ1n) is 14.0. The SMILES string of the molecule is CCN(CC)c1ccc(C(=O)N2CCN([C@@H]3CCCC[C@H]3C(=O)N[C@H](C(N)=O)c3ccccc3)CC2)cc1. The maximum atomic E-state index is 13.4. The van der Waals surface area contributed by atoms with Gasteiger partial charge in [0.2, 0.25) is 11.8 Å². The van der Waals surface area contributed by atoms with Crippen LogP contribution in [0.5, 0.6) is 0 Å². The highest BCUT2D eigenvalue weighted by Gasteiger charge is 2.38. The van der Waals surface area contributed by atoms with Gasteiger partial charge in [-0.05, 0) is 56.5 Å². The lowest BCUT2D eigenvalue weighted by Crippen LogP contribution is -2.56. The Bertz CT molecular complexity index is 1080. The number of hydrogen-bond donors (Lipinski definition) is 2. The van der Waals surface area contributed by atoms with Crippen molar-refractivity contribution in [3.63, 3.8) is 0 Å². The third-order valence-corrected chi connectivity index (χ3v) is 8.08. The Hall–Kier alpha value is -3.39. The normalized spacial score (nSPS) is 20.9. The molecule has 1 heterocycles. The molecule has 2 fully saturated rings. The lowest BCUT2D eigenvalue weighted by atomic mass is 9.82. The molecule has 3 N–H and O–H groups in total. The van der Waals surface area contributed by atoms with Crippen LogP contribution < -0.4 is 16.0 Å². The highest BCUT2D eigenvalue weighted by molar-refractivity contribution is 5.94. The van der Waals surface area contributed by atoms with Crippen LogP contribution in [0.2, 0.25) is 0 Å². The minimum absolute atomic E-state index is 0.0563. The summed E-state index contributed by atoms with van der Waals surface area (Å²) in [5, 5.41) is 2.93. The van der Waals surface area contributed by atoms with E-state index in [0.717, 1.165) is 57.5 Å². The number of nitrogens with one attached hydrogen (secondary N) is 1. The van der Waals surface area contributed by atoms with E-state index in [1.54, 1.807) is 12.1 Å². The lowest BCUT2D eigenvalue weighted by molar-refractivity contribution is -0.133. The Labute approximate surface area is 226 Å². The van der Waals surface area contributed by atoms with Crippen molar-refractivity contribution in [2.45, 2.75) is 51.6 Å². The molecule has 2 aromatic carbocycles. The van der Waals surface area contributed by atoms with E-state index < -0.39 is 11.9 Å². The van der Waals surface area contributed by atoms with Gasteiger partial charge in [-0.3, -0.25) is 19.3 Å². The first-order valence-corrected chi connectivity index (χ1v) is 14.0. The van der Waals surface area contributed by atoms with Crippen molar-refractivity contribution in [2.24, 2.45) is 11.7 Å². The Morgan fingerprint density at radius 3 is 2.16 bits per heavy atom. The molecule has 0 bridgehead atoms. The number of nitrogens with zero attached hydrogens (tertiary/aromatic N) is 3. The summed E-state index contributed by atoms with van der Waals surface area (Å²) in [6.07, 6.45) is 3.79. The first kappa shape index (κ1) is 27.6. The average Bonchev–Trinajstić information content (AvgIpc) is 2.97. The Morgan fingerprint density at radius 1 is 0.921 bits per heavy atom. The van der Waals surface area contributed by atoms with Gasteiger partial charge in [-0.2, -0.15) is 0 Å². The monoisotopic (exact) mass is 519 g/mol. The number of hydrogen-bond acceptors (Lipinski definition) is 5. The van der Waals surface area contributed by atoms with E-state index in [0.29, 0.717) is 24.2 Å². The number of nitrogens with two attached hydrogens (primary N) is 1. The summed E-state index contributed by atoms with van der Waals surface area (Å²) in [5.41, 5.74) is 8.18. The standard InChI is InChI=1S/C30H41N5O3/c1-3-33(4-2)24-16-14-23(15-17-24)30(38)35-20-18-34(19-21-35)26-13-9-8-12-25(26)29(37)32-27(28(31)36)22-10-6-5-7-11-22/h5-7,10-11,14-17,25-27H,3-4,8-9,12-13,18-21H2,1-2H3,(H2,31,36)(H,32,37)/t25-,26-,27+/m1/s1. The van der Waals surface area contributed by atoms with Gasteiger partial charge in [0.15, 0.2) is 0 Å². The van der Waals surface area contributed by atoms with Crippen LogP contribution >= 0.6 is 0 Å². The second-order valence-electron chi connectivity index (χ2n) is 10.3. The minimum Gasteiger partial charge on any atom is -0.372 e. The molecular weight excluding hydrogens is 478 g/mol. The summed E-state index contributed by atoms with van der Waals surface area (Å²) in [5.74, 6) is -0.826. The lowest BCUT2D eigenvalue weighted by Gasteiger charge is -2.44. The number of primary amides is 1. The zero-order chi connectivity index (χ0) is 27.1. The maximum Gasteiger partial charge on any atom is 0.253 e. The van der Waals surface area contributed by atoms with E-state index in [1.165, 1.54) is 0 Å². The van der Waals surface area contributed by atoms with Crippen molar-refractivity contribution in [1.29, 1.82) is 0 Å². The fourth-order valence-corrected chi connectivity index (χ4v) is 5.91. The van der Waals surface area contributed by atoms with Gasteiger partial charge in [0.1, 0.15) is 6.04 Å². The number of rotatable bonds is 9. The van der Waals surface area contributed by atoms with Gasteiger partial charge in [0.25, 0.3) is 5.91 Å². The topological polar surface area (TPSA) is 99.0 Å². The molecule has 2 aromatic rings. The van der Waals surface area contributed by atoms with Crippen LogP contribution in [0.1, 0.15) is 61.5 Å². The average molecular weight is 520 g/mol. The van der Waals surface area contributed by atoms with Crippen molar-refractivity contribution >= 4 is 23.4 Å². The van der Waals surface area contributed by atoms with E-state index in [9.17, 15) is 14.4 Å². The summed E-state index contributed by atoms with van der Waals surface area (Å²) in [6.45, 7) is 8.85. The highest BCUT2D eigenvalue weighted by atomic mass is 16.2. The van der Waals surface area contributed by atoms with Gasteiger partial charge in [-0.25, -0.2) is 0 Å². The molecule has 3 amide bonds. The zero-order valence-electron chi connectivity index (χ0n) is 22.6. The van der Waals surface area contributed by atoms with E-state index in [2.05, 4.69) is 29.0 Å². The molecule has 8 nitrogen and oxygen atoms in total. The fourth-order valence-electron chi connectivity index (χ4n) is 5.91. The summed E-state index contributed by atoms with van der Waals surface area (Å²) >= 11 is 0. The van der Waals surface area contributed by atoms with E-state index in [4.69, 9.17) is 5.73 Å². The van der Waals surface area contributed by atoms with Crippen molar-refractivity contribution < 1.29 is 14.4 Å². The third kappa shape index (κ3) is 6.35. The third-order valence-electron chi connectivity index (χ3n) is 8.08. The molecule has 1 saturated heterocycles. The number of amides is 3. The molecule has 4 rings (SSSR count). The van der Waals surface area contributed by atoms with Crippen LogP contribution in [0.3, 0.4) is 0 Å². The summed E-state index contributed by atoms with van der Waals surface area (Å²) < 4.78 is 0. The summed E-state index contributed by atoms with van der Waals surface area (Å²) in [4.78, 5) is 45.3. The molecule has 2 aliphatic rings. The summed E-state index contributed by atoms with van der Waals surface area (Å²) in [6, 6.07) is 16.3. The first-order chi connectivity index (χ1) is 18.4. The van der Waals surface area contributed by atoms with E-state index in [1.807, 2.05) is 47.4 Å². The number of piperazine rings is 1. The molecule has 204 valence electrons. The molecule has 1 aliphatic carbocycles. The van der Waals surface area contributed by atoms with Crippen molar-refractivity contribution in [3.05, 3.63) is 65.7 Å². The van der Waals surface area contributed by atoms with Gasteiger partial charge >= 0.3 is 0 Å². The number of carbonyl (C=O) groups excluding carboxylic acids is 3. The highest BCUT2D eigenvalue weighted by Crippen LogP contribution is 2.30. The molecule has 0 spiro atoms. The minimum atomic E-state index is -0.839. The second kappa shape index (κ2) is 12.9. The van der Waals surface area contributed by atoms with Crippen molar-refractivity contribution in [1.82, 2.24) is 15.1 Å². The van der Waals surface area contributed by atoms with Crippen LogP contribution in [0.4, 0.5) is 5.69 Å². The van der Waals surface area contributed by atoms with E-state index in [-0.39, 0.29) is 23.8 Å². The molecule has 1 aliphatic heterocycles. The van der Waals surface area contributed by atoms with Gasteiger partial charge in [0.05, 0.1) is 5.92 Å². The number of anilines is 1. The summed E-state index contributed by atoms with van der Waals surface area (Å²) in [7, 11) is 0. The molecule has 0 radical (unpaired) electrons. The van der Waals surface area contributed by atoms with Gasteiger partial charge in [-0.1, -0.05) is 43.2 Å². The largest absolute Gasteiger partial charge is 0.372 e. The molecule has 8 heteroatoms. The van der Waals surface area contributed by atoms with Gasteiger partial charge < -0.3 is 20.9 Å². The Morgan fingerprint density at radius 2 is 1.55 bits per heavy atom. The predicted molar refractivity (Wildman–Crippen MR) is 150 cm³/mol. The second-order valence-corrected chi connectivity index (χ2v) is 10.3. The predicted octanol–water partition coefficient (Wildman–Crippen LogP) is 3.19. The maximum absolute atomic E-state index is 13.4. The van der Waals surface area contributed by atoms with Crippen molar-refractivity contribution in [2.75, 3.05) is 44.2 Å². The quantitative estimate of drug-likeness (QED) is 0.530. The number of carbonyl (C=O) groups is 3. The van der Waals surface area contributed by atoms with Crippen molar-refractivity contribution in [3.8, 4) is 0 Å². The molecule has 0 unspecified atom stereocenters. The van der Waals surface area contributed by atoms with Crippen LogP contribution in [0.15, 0.2) is 54.6 Å². The van der Waals surface area contributed by atoms with Gasteiger partial charge in [-0.15, -0.1) is 0 Å². The molecule has 38 heavy (non-hydrogen) atoms. The number of benzene rings is 2. The van der Waals surface area contributed by atoms with Crippen LogP contribution in [-0.2, 0) is 9.59 Å². The Balaban J connectivity index is 1.37. The zero-order valence-corrected chi connectivity index (χ0v) is 22.6. The fraction of sp³-hybridized carbons (Fsp3) is 0.500. The molecule has 0 aromatic heterocycles. The van der Waals surface area contributed by atoms with Crippen LogP contribution in [0.25, 0.3) is 0 Å². The Kier molecular flexibility index (Phi) is 9.39. The molecule has 3 atom stereocenters.